The molecular weight excluding hydrogens is 302 g/mol. The van der Waals surface area contributed by atoms with Gasteiger partial charge in [0.1, 0.15) is 6.61 Å². The standard InChI is InChI=1S/C15H25BN2O3.ClH/c1-14(2)15(3,4)21-16(20-14)12-7-8-13(17-11-12)19-10-9-18(5)6;/h7-8,11H,9-10H2,1-6H3;1H. The molecule has 0 spiro atoms. The Hall–Kier alpha value is -0.815. The van der Waals surface area contributed by atoms with Crippen LogP contribution in [-0.4, -0.2) is 55.5 Å². The second kappa shape index (κ2) is 7.17. The zero-order chi connectivity index (χ0) is 15.7. The van der Waals surface area contributed by atoms with Gasteiger partial charge < -0.3 is 18.9 Å². The number of ether oxygens (including phenoxy) is 1. The van der Waals surface area contributed by atoms with Crippen LogP contribution in [0.5, 0.6) is 5.88 Å². The molecule has 1 aromatic heterocycles. The topological polar surface area (TPSA) is 43.8 Å². The molecule has 0 amide bonds. The van der Waals surface area contributed by atoms with Crippen LogP contribution in [0.4, 0.5) is 0 Å². The number of hydrogen-bond donors (Lipinski definition) is 0. The van der Waals surface area contributed by atoms with Gasteiger partial charge >= 0.3 is 7.12 Å². The third kappa shape index (κ3) is 4.35. The van der Waals surface area contributed by atoms with Gasteiger partial charge in [0.05, 0.1) is 11.2 Å². The van der Waals surface area contributed by atoms with E-state index in [1.165, 1.54) is 0 Å². The van der Waals surface area contributed by atoms with E-state index < -0.39 is 0 Å². The van der Waals surface area contributed by atoms with E-state index in [2.05, 4.69) is 9.88 Å². The molecule has 124 valence electrons. The Balaban J connectivity index is 0.00000242. The summed E-state index contributed by atoms with van der Waals surface area (Å²) in [4.78, 5) is 6.38. The molecule has 0 aliphatic carbocycles. The highest BCUT2D eigenvalue weighted by molar-refractivity contribution is 6.62. The minimum Gasteiger partial charge on any atom is -0.476 e. The van der Waals surface area contributed by atoms with Crippen molar-refractivity contribution in [2.75, 3.05) is 27.2 Å². The average Bonchev–Trinajstić information content (AvgIpc) is 2.59. The Morgan fingerprint density at radius 1 is 1.14 bits per heavy atom. The minimum atomic E-state index is -0.377. The van der Waals surface area contributed by atoms with Gasteiger partial charge in [0.25, 0.3) is 0 Å². The van der Waals surface area contributed by atoms with Crippen LogP contribution in [-0.2, 0) is 9.31 Å². The van der Waals surface area contributed by atoms with Crippen molar-refractivity contribution in [3.8, 4) is 5.88 Å². The molecule has 22 heavy (non-hydrogen) atoms. The minimum absolute atomic E-state index is 0. The molecule has 0 saturated carbocycles. The normalized spacial score (nSPS) is 19.1. The summed E-state index contributed by atoms with van der Waals surface area (Å²) in [5, 5.41) is 0. The van der Waals surface area contributed by atoms with Crippen LogP contribution in [0.2, 0.25) is 0 Å². The Bertz CT molecular complexity index is 464. The van der Waals surface area contributed by atoms with Crippen LogP contribution in [0.15, 0.2) is 18.3 Å². The maximum Gasteiger partial charge on any atom is 0.496 e. The fraction of sp³-hybridized carbons (Fsp3) is 0.667. The van der Waals surface area contributed by atoms with E-state index in [-0.39, 0.29) is 30.7 Å². The van der Waals surface area contributed by atoms with Crippen LogP contribution in [0.1, 0.15) is 27.7 Å². The number of rotatable bonds is 5. The summed E-state index contributed by atoms with van der Waals surface area (Å²) in [5.74, 6) is 0.622. The molecule has 0 bridgehead atoms. The summed E-state index contributed by atoms with van der Waals surface area (Å²) in [6.45, 7) is 9.65. The molecule has 5 nitrogen and oxygen atoms in total. The van der Waals surface area contributed by atoms with E-state index in [4.69, 9.17) is 14.0 Å². The second-order valence-electron chi connectivity index (χ2n) is 6.67. The molecule has 2 heterocycles. The lowest BCUT2D eigenvalue weighted by Gasteiger charge is -2.32. The fourth-order valence-corrected chi connectivity index (χ4v) is 1.93. The highest BCUT2D eigenvalue weighted by atomic mass is 35.5. The van der Waals surface area contributed by atoms with Crippen LogP contribution < -0.4 is 10.2 Å². The summed E-state index contributed by atoms with van der Waals surface area (Å²) >= 11 is 0. The van der Waals surface area contributed by atoms with Gasteiger partial charge in [-0.15, -0.1) is 12.4 Å². The van der Waals surface area contributed by atoms with E-state index in [0.717, 1.165) is 12.0 Å². The van der Waals surface area contributed by atoms with Gasteiger partial charge in [-0.1, -0.05) is 6.07 Å². The van der Waals surface area contributed by atoms with Gasteiger partial charge in [0.2, 0.25) is 5.88 Å². The monoisotopic (exact) mass is 328 g/mol. The van der Waals surface area contributed by atoms with E-state index in [0.29, 0.717) is 12.5 Å². The number of nitrogens with zero attached hydrogens (tertiary/aromatic N) is 2. The first kappa shape index (κ1) is 19.2. The summed E-state index contributed by atoms with van der Waals surface area (Å²) in [6, 6.07) is 3.80. The predicted molar refractivity (Wildman–Crippen MR) is 91.3 cm³/mol. The van der Waals surface area contributed by atoms with Crippen LogP contribution >= 0.6 is 12.4 Å². The third-order valence-electron chi connectivity index (χ3n) is 4.07. The second-order valence-corrected chi connectivity index (χ2v) is 6.67. The molecule has 0 N–H and O–H groups in total. The van der Waals surface area contributed by atoms with Crippen LogP contribution in [0.3, 0.4) is 0 Å². The van der Waals surface area contributed by atoms with Crippen molar-refractivity contribution < 1.29 is 14.0 Å². The highest BCUT2D eigenvalue weighted by Gasteiger charge is 2.51. The maximum atomic E-state index is 5.99. The van der Waals surface area contributed by atoms with Gasteiger partial charge in [-0.3, -0.25) is 0 Å². The molecule has 1 aliphatic rings. The molecular formula is C15H26BClN2O3. The molecule has 1 fully saturated rings. The molecule has 0 aromatic carbocycles. The SMILES string of the molecule is CN(C)CCOc1ccc(B2OC(C)(C)C(C)(C)O2)cn1.Cl. The molecule has 1 aliphatic heterocycles. The molecule has 2 rings (SSSR count). The first-order valence-electron chi connectivity index (χ1n) is 7.30. The van der Waals surface area contributed by atoms with E-state index in [9.17, 15) is 0 Å². The summed E-state index contributed by atoms with van der Waals surface area (Å²) in [7, 11) is 3.65. The lowest BCUT2D eigenvalue weighted by molar-refractivity contribution is 0.00578. The number of pyridine rings is 1. The molecule has 1 saturated heterocycles. The van der Waals surface area contributed by atoms with Crippen molar-refractivity contribution in [3.05, 3.63) is 18.3 Å². The summed E-state index contributed by atoms with van der Waals surface area (Å²) in [5.41, 5.74) is 0.241. The summed E-state index contributed by atoms with van der Waals surface area (Å²) in [6.07, 6.45) is 1.76. The Morgan fingerprint density at radius 2 is 1.73 bits per heavy atom. The predicted octanol–water partition coefficient (Wildman–Crippen LogP) is 1.74. The molecule has 0 atom stereocenters. The smallest absolute Gasteiger partial charge is 0.476 e. The highest BCUT2D eigenvalue weighted by Crippen LogP contribution is 2.36. The summed E-state index contributed by atoms with van der Waals surface area (Å²) < 4.78 is 17.6. The van der Waals surface area contributed by atoms with Crippen molar-refractivity contribution in [1.82, 2.24) is 9.88 Å². The largest absolute Gasteiger partial charge is 0.496 e. The van der Waals surface area contributed by atoms with E-state index in [1.54, 1.807) is 6.20 Å². The van der Waals surface area contributed by atoms with Crippen molar-refractivity contribution in [2.45, 2.75) is 38.9 Å². The number of halogens is 1. The Morgan fingerprint density at radius 3 is 2.18 bits per heavy atom. The lowest BCUT2D eigenvalue weighted by atomic mass is 9.80. The Labute approximate surface area is 139 Å². The van der Waals surface area contributed by atoms with Crippen molar-refractivity contribution in [2.24, 2.45) is 0 Å². The fourth-order valence-electron chi connectivity index (χ4n) is 1.93. The van der Waals surface area contributed by atoms with Gasteiger partial charge in [-0.2, -0.15) is 0 Å². The quantitative estimate of drug-likeness (QED) is 0.770. The zero-order valence-corrected chi connectivity index (χ0v) is 15.1. The first-order valence-corrected chi connectivity index (χ1v) is 7.30. The van der Waals surface area contributed by atoms with Gasteiger partial charge in [0, 0.05) is 18.2 Å². The average molecular weight is 329 g/mol. The van der Waals surface area contributed by atoms with Crippen molar-refractivity contribution in [3.63, 3.8) is 0 Å². The van der Waals surface area contributed by atoms with Gasteiger partial charge in [-0.05, 0) is 47.9 Å². The van der Waals surface area contributed by atoms with E-state index >= 15 is 0 Å². The maximum absolute atomic E-state index is 5.99. The zero-order valence-electron chi connectivity index (χ0n) is 14.3. The number of hydrogen-bond acceptors (Lipinski definition) is 5. The van der Waals surface area contributed by atoms with Crippen molar-refractivity contribution >= 4 is 25.0 Å². The number of aromatic nitrogens is 1. The van der Waals surface area contributed by atoms with Crippen LogP contribution in [0, 0.1) is 0 Å². The first-order chi connectivity index (χ1) is 9.71. The van der Waals surface area contributed by atoms with Gasteiger partial charge in [-0.25, -0.2) is 4.98 Å². The van der Waals surface area contributed by atoms with Crippen LogP contribution in [0.25, 0.3) is 0 Å². The lowest BCUT2D eigenvalue weighted by Crippen LogP contribution is -2.41. The number of likely N-dealkylation sites (N-methyl/N-ethyl adjacent to an activating group) is 1. The van der Waals surface area contributed by atoms with E-state index in [1.807, 2.05) is 53.9 Å². The molecule has 0 radical (unpaired) electrons. The molecule has 0 unspecified atom stereocenters. The van der Waals surface area contributed by atoms with Crippen molar-refractivity contribution in [1.29, 1.82) is 0 Å². The molecule has 7 heteroatoms. The Kier molecular flexibility index (Phi) is 6.27. The van der Waals surface area contributed by atoms with Gasteiger partial charge in [0.15, 0.2) is 0 Å². The third-order valence-corrected chi connectivity index (χ3v) is 4.07. The molecule has 1 aromatic rings.